The summed E-state index contributed by atoms with van der Waals surface area (Å²) < 4.78 is 4.87. The molecule has 0 saturated carbocycles. The van der Waals surface area contributed by atoms with Crippen molar-refractivity contribution >= 4 is 17.5 Å². The Bertz CT molecular complexity index is 359. The van der Waals surface area contributed by atoms with Gasteiger partial charge in [-0.2, -0.15) is 0 Å². The molecule has 0 bridgehead atoms. The number of carbonyl (C=O) groups is 1. The van der Waals surface area contributed by atoms with E-state index in [9.17, 15) is 4.79 Å². The van der Waals surface area contributed by atoms with Crippen LogP contribution in [0.3, 0.4) is 0 Å². The van der Waals surface area contributed by atoms with E-state index in [1.54, 1.807) is 6.07 Å². The molecule has 2 rings (SSSR count). The Labute approximate surface area is 99.3 Å². The van der Waals surface area contributed by atoms with E-state index in [0.29, 0.717) is 18.0 Å². The van der Waals surface area contributed by atoms with Crippen LogP contribution >= 0.6 is 11.6 Å². The molecule has 0 spiro atoms. The average molecular weight is 243 g/mol. The van der Waals surface area contributed by atoms with Gasteiger partial charge in [-0.15, -0.1) is 0 Å². The highest BCUT2D eigenvalue weighted by molar-refractivity contribution is 6.32. The van der Waals surface area contributed by atoms with Gasteiger partial charge in [0.05, 0.1) is 11.8 Å². The van der Waals surface area contributed by atoms with Crippen LogP contribution in [0.25, 0.3) is 0 Å². The Hall–Kier alpha value is -1.00. The van der Waals surface area contributed by atoms with Crippen molar-refractivity contribution in [3.63, 3.8) is 0 Å². The molecule has 2 heterocycles. The lowest BCUT2D eigenvalue weighted by atomic mass is 10.00. The summed E-state index contributed by atoms with van der Waals surface area (Å²) in [7, 11) is 0. The second-order valence-electron chi connectivity index (χ2n) is 4.03. The molecule has 0 aliphatic carbocycles. The van der Waals surface area contributed by atoms with Crippen LogP contribution in [0, 0.1) is 5.92 Å². The van der Waals surface area contributed by atoms with Crippen molar-refractivity contribution in [2.75, 3.05) is 19.6 Å². The van der Waals surface area contributed by atoms with Crippen LogP contribution in [-0.4, -0.2) is 25.5 Å². The number of piperidine rings is 1. The van der Waals surface area contributed by atoms with Crippen LogP contribution in [0.4, 0.5) is 0 Å². The second kappa shape index (κ2) is 5.37. The monoisotopic (exact) mass is 242 g/mol. The summed E-state index contributed by atoms with van der Waals surface area (Å²) in [4.78, 5) is 11.7. The molecule has 1 saturated heterocycles. The van der Waals surface area contributed by atoms with Crippen molar-refractivity contribution in [2.24, 2.45) is 5.92 Å². The summed E-state index contributed by atoms with van der Waals surface area (Å²) >= 11 is 5.72. The number of halogens is 1. The Morgan fingerprint density at radius 3 is 3.19 bits per heavy atom. The van der Waals surface area contributed by atoms with Crippen molar-refractivity contribution < 1.29 is 9.21 Å². The summed E-state index contributed by atoms with van der Waals surface area (Å²) in [6, 6.07) is 1.58. The number of carbonyl (C=O) groups excluding carboxylic acids is 1. The molecule has 1 atom stereocenters. The largest absolute Gasteiger partial charge is 0.452 e. The molecule has 16 heavy (non-hydrogen) atoms. The molecular weight excluding hydrogens is 228 g/mol. The third kappa shape index (κ3) is 2.77. The highest BCUT2D eigenvalue weighted by atomic mass is 35.5. The second-order valence-corrected chi connectivity index (χ2v) is 4.37. The number of rotatable bonds is 3. The number of nitrogens with one attached hydrogen (secondary N) is 2. The number of hydrogen-bond acceptors (Lipinski definition) is 3. The fraction of sp³-hybridized carbons (Fsp3) is 0.545. The molecule has 1 aromatic rings. The molecule has 1 amide bonds. The van der Waals surface area contributed by atoms with Crippen molar-refractivity contribution in [3.8, 4) is 0 Å². The number of amides is 1. The molecule has 1 aliphatic heterocycles. The molecule has 5 heteroatoms. The lowest BCUT2D eigenvalue weighted by Gasteiger charge is -2.22. The van der Waals surface area contributed by atoms with Crippen molar-refractivity contribution in [1.29, 1.82) is 0 Å². The van der Waals surface area contributed by atoms with Gasteiger partial charge < -0.3 is 15.1 Å². The summed E-state index contributed by atoms with van der Waals surface area (Å²) in [6.07, 6.45) is 3.75. The van der Waals surface area contributed by atoms with Gasteiger partial charge in [0.25, 0.3) is 5.91 Å². The minimum atomic E-state index is -0.163. The fourth-order valence-electron chi connectivity index (χ4n) is 1.89. The predicted octanol–water partition coefficient (Wildman–Crippen LogP) is 1.66. The van der Waals surface area contributed by atoms with E-state index >= 15 is 0 Å². The maximum Gasteiger partial charge on any atom is 0.256 e. The first-order valence-electron chi connectivity index (χ1n) is 5.49. The number of furan rings is 1. The quantitative estimate of drug-likeness (QED) is 0.848. The van der Waals surface area contributed by atoms with Crippen LogP contribution in [0.15, 0.2) is 16.7 Å². The van der Waals surface area contributed by atoms with E-state index in [4.69, 9.17) is 16.0 Å². The zero-order chi connectivity index (χ0) is 11.4. The Balaban J connectivity index is 1.81. The smallest absolute Gasteiger partial charge is 0.256 e. The van der Waals surface area contributed by atoms with Crippen LogP contribution in [0.2, 0.25) is 5.22 Å². The van der Waals surface area contributed by atoms with Crippen molar-refractivity contribution in [1.82, 2.24) is 10.6 Å². The predicted molar refractivity (Wildman–Crippen MR) is 61.6 cm³/mol. The van der Waals surface area contributed by atoms with E-state index in [1.807, 2.05) is 0 Å². The summed E-state index contributed by atoms with van der Waals surface area (Å²) in [5.41, 5.74) is 0.408. The van der Waals surface area contributed by atoms with Gasteiger partial charge in [0.1, 0.15) is 0 Å². The molecule has 88 valence electrons. The molecule has 4 nitrogen and oxygen atoms in total. The maximum atomic E-state index is 11.7. The lowest BCUT2D eigenvalue weighted by molar-refractivity contribution is 0.0944. The van der Waals surface area contributed by atoms with Crippen LogP contribution in [-0.2, 0) is 0 Å². The molecule has 1 unspecified atom stereocenters. The fourth-order valence-corrected chi connectivity index (χ4v) is 2.09. The van der Waals surface area contributed by atoms with Crippen molar-refractivity contribution in [3.05, 3.63) is 23.1 Å². The van der Waals surface area contributed by atoms with E-state index in [0.717, 1.165) is 19.5 Å². The third-order valence-electron chi connectivity index (χ3n) is 2.81. The molecule has 1 aliphatic rings. The highest BCUT2D eigenvalue weighted by Gasteiger charge is 2.16. The van der Waals surface area contributed by atoms with E-state index in [-0.39, 0.29) is 11.1 Å². The average Bonchev–Trinajstić information content (AvgIpc) is 2.74. The third-order valence-corrected chi connectivity index (χ3v) is 3.11. The Morgan fingerprint density at radius 1 is 1.69 bits per heavy atom. The Kier molecular flexibility index (Phi) is 3.85. The molecule has 0 aromatic carbocycles. The maximum absolute atomic E-state index is 11.7. The minimum Gasteiger partial charge on any atom is -0.452 e. The van der Waals surface area contributed by atoms with Gasteiger partial charge in [0.2, 0.25) is 5.22 Å². The van der Waals surface area contributed by atoms with Crippen LogP contribution in [0.1, 0.15) is 23.2 Å². The first-order chi connectivity index (χ1) is 7.77. The lowest BCUT2D eigenvalue weighted by Crippen LogP contribution is -2.38. The molecule has 2 N–H and O–H groups in total. The minimum absolute atomic E-state index is 0.152. The van der Waals surface area contributed by atoms with Crippen molar-refractivity contribution in [2.45, 2.75) is 12.8 Å². The van der Waals surface area contributed by atoms with Gasteiger partial charge >= 0.3 is 0 Å². The zero-order valence-corrected chi connectivity index (χ0v) is 9.72. The van der Waals surface area contributed by atoms with Gasteiger partial charge in [0.15, 0.2) is 0 Å². The summed E-state index contributed by atoms with van der Waals surface area (Å²) in [6.45, 7) is 2.74. The van der Waals surface area contributed by atoms with Gasteiger partial charge in [-0.1, -0.05) is 0 Å². The first-order valence-corrected chi connectivity index (χ1v) is 5.87. The first kappa shape index (κ1) is 11.5. The van der Waals surface area contributed by atoms with Crippen LogP contribution < -0.4 is 10.6 Å². The molecule has 0 radical (unpaired) electrons. The van der Waals surface area contributed by atoms with Gasteiger partial charge in [-0.3, -0.25) is 4.79 Å². The number of hydrogen-bond donors (Lipinski definition) is 2. The van der Waals surface area contributed by atoms with Gasteiger partial charge in [-0.05, 0) is 49.5 Å². The standard InChI is InChI=1S/C11H15ClN2O2/c12-10-9(3-5-16-10)11(15)14-7-8-2-1-4-13-6-8/h3,5,8,13H,1-2,4,6-7H2,(H,14,15). The van der Waals surface area contributed by atoms with Gasteiger partial charge in [-0.25, -0.2) is 0 Å². The molecule has 1 aromatic heterocycles. The SMILES string of the molecule is O=C(NCC1CCCNC1)c1ccoc1Cl. The van der Waals surface area contributed by atoms with Crippen LogP contribution in [0.5, 0.6) is 0 Å². The summed E-state index contributed by atoms with van der Waals surface area (Å²) in [5.74, 6) is 0.354. The normalized spacial score (nSPS) is 20.7. The van der Waals surface area contributed by atoms with Gasteiger partial charge in [0, 0.05) is 6.54 Å². The van der Waals surface area contributed by atoms with E-state index < -0.39 is 0 Å². The molecular formula is C11H15ClN2O2. The topological polar surface area (TPSA) is 54.3 Å². The molecule has 1 fully saturated rings. The summed E-state index contributed by atoms with van der Waals surface area (Å²) in [5, 5.41) is 6.33. The highest BCUT2D eigenvalue weighted by Crippen LogP contribution is 2.16. The van der Waals surface area contributed by atoms with E-state index in [2.05, 4.69) is 10.6 Å². The van der Waals surface area contributed by atoms with E-state index in [1.165, 1.54) is 12.7 Å². The Morgan fingerprint density at radius 2 is 2.56 bits per heavy atom. The zero-order valence-electron chi connectivity index (χ0n) is 8.96.